The normalized spacial score (nSPS) is 10.7. The van der Waals surface area contributed by atoms with Crippen molar-refractivity contribution < 1.29 is 9.72 Å². The van der Waals surface area contributed by atoms with Gasteiger partial charge < -0.3 is 5.32 Å². The number of aromatic nitrogens is 2. The maximum Gasteiger partial charge on any atom is 0.270 e. The second-order valence-corrected chi connectivity index (χ2v) is 5.22. The topological polar surface area (TPSA) is 89.5 Å². The van der Waals surface area contributed by atoms with Gasteiger partial charge in [0.05, 0.1) is 33.3 Å². The number of pyridine rings is 1. The molecular formula is C15H11ClN4O3. The van der Waals surface area contributed by atoms with Crippen LogP contribution in [0.15, 0.2) is 48.7 Å². The third-order valence-electron chi connectivity index (χ3n) is 3.26. The maximum atomic E-state index is 12.2. The van der Waals surface area contributed by atoms with Crippen molar-refractivity contribution in [2.75, 3.05) is 0 Å². The molecule has 0 unspecified atom stereocenters. The molecule has 0 spiro atoms. The summed E-state index contributed by atoms with van der Waals surface area (Å²) in [5.41, 5.74) is 1.45. The lowest BCUT2D eigenvalue weighted by Crippen LogP contribution is -2.23. The summed E-state index contributed by atoms with van der Waals surface area (Å²) in [5, 5.41) is 17.9. The number of nitrogens with zero attached hydrogens (tertiary/aromatic N) is 3. The van der Waals surface area contributed by atoms with E-state index in [9.17, 15) is 14.9 Å². The molecule has 0 aliphatic heterocycles. The molecule has 0 saturated heterocycles. The van der Waals surface area contributed by atoms with Crippen molar-refractivity contribution in [3.8, 4) is 0 Å². The summed E-state index contributed by atoms with van der Waals surface area (Å²) in [4.78, 5) is 22.4. The van der Waals surface area contributed by atoms with Gasteiger partial charge >= 0.3 is 0 Å². The van der Waals surface area contributed by atoms with Gasteiger partial charge in [-0.2, -0.15) is 5.10 Å². The number of hydrogen-bond donors (Lipinski definition) is 1. The van der Waals surface area contributed by atoms with E-state index in [0.717, 1.165) is 11.6 Å². The second-order valence-electron chi connectivity index (χ2n) is 4.81. The van der Waals surface area contributed by atoms with Crippen LogP contribution in [0, 0.1) is 10.1 Å². The monoisotopic (exact) mass is 330 g/mol. The number of benzene rings is 1. The number of rotatable bonds is 4. The van der Waals surface area contributed by atoms with Gasteiger partial charge in [-0.25, -0.2) is 4.52 Å². The maximum absolute atomic E-state index is 12.2. The smallest absolute Gasteiger partial charge is 0.270 e. The Balaban J connectivity index is 1.76. The molecule has 116 valence electrons. The number of non-ortho nitro benzene ring substituents is 1. The Kier molecular flexibility index (Phi) is 3.94. The highest BCUT2D eigenvalue weighted by molar-refractivity contribution is 6.33. The number of carbonyl (C=O) groups is 1. The molecule has 0 atom stereocenters. The summed E-state index contributed by atoms with van der Waals surface area (Å²) in [7, 11) is 0. The third-order valence-corrected chi connectivity index (χ3v) is 3.59. The van der Waals surface area contributed by atoms with E-state index in [1.165, 1.54) is 12.1 Å². The Hall–Kier alpha value is -2.93. The molecule has 1 aromatic carbocycles. The highest BCUT2D eigenvalue weighted by Crippen LogP contribution is 2.22. The lowest BCUT2D eigenvalue weighted by atomic mass is 10.2. The van der Waals surface area contributed by atoms with E-state index in [1.54, 1.807) is 10.7 Å². The molecule has 2 heterocycles. The van der Waals surface area contributed by atoms with E-state index in [-0.39, 0.29) is 22.8 Å². The molecule has 8 heteroatoms. The highest BCUT2D eigenvalue weighted by Gasteiger charge is 2.16. The summed E-state index contributed by atoms with van der Waals surface area (Å²) < 4.78 is 1.70. The van der Waals surface area contributed by atoms with Crippen molar-refractivity contribution in [3.63, 3.8) is 0 Å². The van der Waals surface area contributed by atoms with Crippen LogP contribution >= 0.6 is 11.6 Å². The first-order chi connectivity index (χ1) is 11.0. The number of nitro benzene ring substituents is 1. The van der Waals surface area contributed by atoms with Crippen molar-refractivity contribution in [2.24, 2.45) is 0 Å². The van der Waals surface area contributed by atoms with Gasteiger partial charge in [-0.15, -0.1) is 0 Å². The summed E-state index contributed by atoms with van der Waals surface area (Å²) in [6.07, 6.45) is 1.80. The number of nitro groups is 1. The molecular weight excluding hydrogens is 320 g/mol. The van der Waals surface area contributed by atoms with Crippen LogP contribution in [0.25, 0.3) is 5.52 Å². The largest absolute Gasteiger partial charge is 0.346 e. The van der Waals surface area contributed by atoms with E-state index in [2.05, 4.69) is 10.4 Å². The fourth-order valence-electron chi connectivity index (χ4n) is 2.14. The molecule has 3 aromatic rings. The van der Waals surface area contributed by atoms with E-state index >= 15 is 0 Å². The van der Waals surface area contributed by atoms with E-state index in [4.69, 9.17) is 11.6 Å². The van der Waals surface area contributed by atoms with Crippen molar-refractivity contribution in [3.05, 3.63) is 75.1 Å². The Bertz CT molecular complexity index is 874. The minimum absolute atomic E-state index is 0.0598. The lowest BCUT2D eigenvalue weighted by Gasteiger charge is -2.05. The van der Waals surface area contributed by atoms with Crippen molar-refractivity contribution >= 4 is 28.7 Å². The minimum atomic E-state index is -0.574. The van der Waals surface area contributed by atoms with Gasteiger partial charge in [-0.05, 0) is 24.3 Å². The van der Waals surface area contributed by atoms with Gasteiger partial charge in [-0.3, -0.25) is 14.9 Å². The van der Waals surface area contributed by atoms with Crippen LogP contribution in [0.2, 0.25) is 5.02 Å². The molecule has 2 aromatic heterocycles. The van der Waals surface area contributed by atoms with E-state index in [0.29, 0.717) is 5.69 Å². The average Bonchev–Trinajstić information content (AvgIpc) is 2.95. The quantitative estimate of drug-likeness (QED) is 0.588. The first kappa shape index (κ1) is 15.0. The molecule has 0 radical (unpaired) electrons. The standard InChI is InChI=1S/C15H11ClN4O3/c16-14-5-4-12(20(22)23)8-13(14)15(21)17-9-10-7-11-3-1-2-6-19(11)18-10/h1-8H,9H2,(H,17,21). The molecule has 0 bridgehead atoms. The molecule has 0 saturated carbocycles. The summed E-state index contributed by atoms with van der Waals surface area (Å²) in [6, 6.07) is 11.2. The zero-order valence-corrected chi connectivity index (χ0v) is 12.5. The minimum Gasteiger partial charge on any atom is -0.346 e. The first-order valence-electron chi connectivity index (χ1n) is 6.70. The molecule has 1 amide bonds. The van der Waals surface area contributed by atoms with Crippen LogP contribution in [0.1, 0.15) is 16.1 Å². The lowest BCUT2D eigenvalue weighted by molar-refractivity contribution is -0.384. The predicted molar refractivity (Wildman–Crippen MR) is 84.5 cm³/mol. The summed E-state index contributed by atoms with van der Waals surface area (Å²) >= 11 is 5.94. The molecule has 0 aliphatic rings. The average molecular weight is 331 g/mol. The van der Waals surface area contributed by atoms with Crippen LogP contribution in [0.4, 0.5) is 5.69 Å². The van der Waals surface area contributed by atoms with Crippen molar-refractivity contribution in [1.29, 1.82) is 0 Å². The second kappa shape index (κ2) is 6.05. The van der Waals surface area contributed by atoms with Crippen LogP contribution < -0.4 is 5.32 Å². The molecule has 23 heavy (non-hydrogen) atoms. The SMILES string of the molecule is O=C(NCc1cc2ccccn2n1)c1cc([N+](=O)[O-])ccc1Cl. The molecule has 0 fully saturated rings. The van der Waals surface area contributed by atoms with Gasteiger partial charge in [0.15, 0.2) is 0 Å². The number of halogens is 1. The number of fused-ring (bicyclic) bond motifs is 1. The fraction of sp³-hybridized carbons (Fsp3) is 0.0667. The van der Waals surface area contributed by atoms with E-state index in [1.807, 2.05) is 24.3 Å². The van der Waals surface area contributed by atoms with Gasteiger partial charge in [0.2, 0.25) is 0 Å². The Morgan fingerprint density at radius 1 is 1.30 bits per heavy atom. The highest BCUT2D eigenvalue weighted by atomic mass is 35.5. The van der Waals surface area contributed by atoms with Crippen LogP contribution in [0.3, 0.4) is 0 Å². The molecule has 1 N–H and O–H groups in total. The Morgan fingerprint density at radius 3 is 2.87 bits per heavy atom. The number of carbonyl (C=O) groups excluding carboxylic acids is 1. The Morgan fingerprint density at radius 2 is 2.13 bits per heavy atom. The van der Waals surface area contributed by atoms with Gasteiger partial charge in [0, 0.05) is 18.3 Å². The predicted octanol–water partition coefficient (Wildman–Crippen LogP) is 2.83. The molecule has 3 rings (SSSR count). The van der Waals surface area contributed by atoms with Gasteiger partial charge in [0.25, 0.3) is 11.6 Å². The van der Waals surface area contributed by atoms with Gasteiger partial charge in [-0.1, -0.05) is 17.7 Å². The number of hydrogen-bond acceptors (Lipinski definition) is 4. The van der Waals surface area contributed by atoms with Crippen molar-refractivity contribution in [2.45, 2.75) is 6.54 Å². The van der Waals surface area contributed by atoms with Crippen LogP contribution in [0.5, 0.6) is 0 Å². The van der Waals surface area contributed by atoms with Crippen LogP contribution in [-0.4, -0.2) is 20.4 Å². The zero-order valence-electron chi connectivity index (χ0n) is 11.8. The molecule has 0 aliphatic carbocycles. The third kappa shape index (κ3) is 3.14. The Labute approximate surface area is 135 Å². The summed E-state index contributed by atoms with van der Waals surface area (Å²) in [5.74, 6) is -0.490. The number of amides is 1. The van der Waals surface area contributed by atoms with Crippen molar-refractivity contribution in [1.82, 2.24) is 14.9 Å². The van der Waals surface area contributed by atoms with Gasteiger partial charge in [0.1, 0.15) is 0 Å². The summed E-state index contributed by atoms with van der Waals surface area (Å²) in [6.45, 7) is 0.194. The molecule has 7 nitrogen and oxygen atoms in total. The number of nitrogens with one attached hydrogen (secondary N) is 1. The zero-order chi connectivity index (χ0) is 16.4. The van der Waals surface area contributed by atoms with Crippen LogP contribution in [-0.2, 0) is 6.54 Å². The first-order valence-corrected chi connectivity index (χ1v) is 7.08. The van der Waals surface area contributed by atoms with E-state index < -0.39 is 10.8 Å². The fourth-order valence-corrected chi connectivity index (χ4v) is 2.35.